The SMILES string of the molecule is COc1cccc(OC(=O)N2CCC3(CC2)CC(=O)c2n[nH]cc2O3)c1. The molecule has 2 aliphatic heterocycles. The molecule has 8 heteroatoms. The Hall–Kier alpha value is -3.03. The predicted molar refractivity (Wildman–Crippen MR) is 90.7 cm³/mol. The molecule has 1 spiro atoms. The number of hydrogen-bond donors (Lipinski definition) is 1. The van der Waals surface area contributed by atoms with Crippen LogP contribution < -0.4 is 14.2 Å². The van der Waals surface area contributed by atoms with Gasteiger partial charge in [-0.05, 0) is 12.1 Å². The normalized spacial score (nSPS) is 18.2. The lowest BCUT2D eigenvalue weighted by Gasteiger charge is -2.42. The lowest BCUT2D eigenvalue weighted by molar-refractivity contribution is -0.00451. The Morgan fingerprint density at radius 2 is 2.08 bits per heavy atom. The fourth-order valence-corrected chi connectivity index (χ4v) is 3.41. The second-order valence-electron chi connectivity index (χ2n) is 6.52. The molecule has 0 radical (unpaired) electrons. The summed E-state index contributed by atoms with van der Waals surface area (Å²) in [5, 5.41) is 6.59. The van der Waals surface area contributed by atoms with Crippen LogP contribution >= 0.6 is 0 Å². The number of methoxy groups -OCH3 is 1. The topological polar surface area (TPSA) is 93.8 Å². The molecule has 1 N–H and O–H groups in total. The first-order chi connectivity index (χ1) is 12.6. The molecular weight excluding hydrogens is 338 g/mol. The Morgan fingerprint density at radius 3 is 2.85 bits per heavy atom. The lowest BCUT2D eigenvalue weighted by Crippen LogP contribution is -2.52. The molecular formula is C18H19N3O5. The van der Waals surface area contributed by atoms with Crippen LogP contribution in [-0.4, -0.2) is 52.8 Å². The van der Waals surface area contributed by atoms with Crippen molar-refractivity contribution in [3.63, 3.8) is 0 Å². The fraction of sp³-hybridized carbons (Fsp3) is 0.389. The van der Waals surface area contributed by atoms with E-state index in [0.29, 0.717) is 48.9 Å². The average molecular weight is 357 g/mol. The summed E-state index contributed by atoms with van der Waals surface area (Å²) in [7, 11) is 1.56. The van der Waals surface area contributed by atoms with Gasteiger partial charge in [0.05, 0.1) is 19.7 Å². The van der Waals surface area contributed by atoms with Crippen molar-refractivity contribution >= 4 is 11.9 Å². The van der Waals surface area contributed by atoms with Crippen LogP contribution in [0.5, 0.6) is 17.2 Å². The largest absolute Gasteiger partial charge is 0.497 e. The van der Waals surface area contributed by atoms with Crippen LogP contribution in [0.3, 0.4) is 0 Å². The highest BCUT2D eigenvalue weighted by Crippen LogP contribution is 2.38. The Balaban J connectivity index is 1.39. The number of amides is 1. The maximum absolute atomic E-state index is 12.4. The molecule has 0 bridgehead atoms. The molecule has 1 aromatic heterocycles. The van der Waals surface area contributed by atoms with Crippen molar-refractivity contribution in [1.29, 1.82) is 0 Å². The molecule has 2 aromatic rings. The molecule has 1 fully saturated rings. The van der Waals surface area contributed by atoms with Gasteiger partial charge in [-0.1, -0.05) is 6.07 Å². The van der Waals surface area contributed by atoms with Gasteiger partial charge < -0.3 is 19.1 Å². The highest BCUT2D eigenvalue weighted by Gasteiger charge is 2.44. The maximum Gasteiger partial charge on any atom is 0.415 e. The standard InChI is InChI=1S/C18H19N3O5/c1-24-12-3-2-4-13(9-12)25-17(23)21-7-5-18(6-8-21)10-14(22)16-15(26-18)11-19-20-16/h2-4,9,11H,5-8,10H2,1H3,(H,19,20). The van der Waals surface area contributed by atoms with Crippen LogP contribution in [-0.2, 0) is 0 Å². The number of rotatable bonds is 2. The second-order valence-corrected chi connectivity index (χ2v) is 6.52. The first-order valence-electron chi connectivity index (χ1n) is 8.45. The smallest absolute Gasteiger partial charge is 0.415 e. The zero-order chi connectivity index (χ0) is 18.1. The van der Waals surface area contributed by atoms with E-state index in [0.717, 1.165) is 0 Å². The zero-order valence-corrected chi connectivity index (χ0v) is 14.4. The van der Waals surface area contributed by atoms with E-state index in [4.69, 9.17) is 14.2 Å². The molecule has 1 aromatic carbocycles. The second kappa shape index (κ2) is 6.36. The minimum atomic E-state index is -0.569. The zero-order valence-electron chi connectivity index (χ0n) is 14.4. The first-order valence-corrected chi connectivity index (χ1v) is 8.45. The molecule has 8 nitrogen and oxygen atoms in total. The summed E-state index contributed by atoms with van der Waals surface area (Å²) in [4.78, 5) is 26.3. The summed E-state index contributed by atoms with van der Waals surface area (Å²) < 4.78 is 16.6. The fourth-order valence-electron chi connectivity index (χ4n) is 3.41. The van der Waals surface area contributed by atoms with E-state index >= 15 is 0 Å². The van der Waals surface area contributed by atoms with Gasteiger partial charge in [0.15, 0.2) is 17.2 Å². The third-order valence-electron chi connectivity index (χ3n) is 4.86. The molecule has 0 atom stereocenters. The number of ether oxygens (including phenoxy) is 3. The van der Waals surface area contributed by atoms with E-state index in [2.05, 4.69) is 10.2 Å². The Morgan fingerprint density at radius 1 is 1.31 bits per heavy atom. The molecule has 1 amide bonds. The molecule has 4 rings (SSSR count). The van der Waals surface area contributed by atoms with Gasteiger partial charge in [0.25, 0.3) is 0 Å². The molecule has 1 saturated heterocycles. The van der Waals surface area contributed by atoms with Gasteiger partial charge in [0, 0.05) is 32.0 Å². The number of hydrogen-bond acceptors (Lipinski definition) is 6. The summed E-state index contributed by atoms with van der Waals surface area (Å²) in [6, 6.07) is 6.90. The molecule has 0 saturated carbocycles. The number of nitrogens with zero attached hydrogens (tertiary/aromatic N) is 2. The van der Waals surface area contributed by atoms with Crippen molar-refractivity contribution in [1.82, 2.24) is 15.1 Å². The van der Waals surface area contributed by atoms with E-state index < -0.39 is 11.7 Å². The number of aromatic nitrogens is 2. The number of nitrogens with one attached hydrogen (secondary N) is 1. The molecule has 2 aliphatic rings. The quantitative estimate of drug-likeness (QED) is 0.887. The van der Waals surface area contributed by atoms with Crippen molar-refractivity contribution in [2.75, 3.05) is 20.2 Å². The molecule has 0 aliphatic carbocycles. The van der Waals surface area contributed by atoms with Crippen molar-refractivity contribution in [2.24, 2.45) is 0 Å². The van der Waals surface area contributed by atoms with Gasteiger partial charge in [-0.25, -0.2) is 4.79 Å². The summed E-state index contributed by atoms with van der Waals surface area (Å²) in [5.41, 5.74) is -0.212. The van der Waals surface area contributed by atoms with Gasteiger partial charge in [0.1, 0.15) is 17.1 Å². The first kappa shape index (κ1) is 16.4. The van der Waals surface area contributed by atoms with Crippen molar-refractivity contribution in [3.05, 3.63) is 36.2 Å². The third-order valence-corrected chi connectivity index (χ3v) is 4.86. The number of carbonyl (C=O) groups is 2. The van der Waals surface area contributed by atoms with Crippen LogP contribution in [0, 0.1) is 0 Å². The Labute approximate surface area is 150 Å². The molecule has 3 heterocycles. The highest BCUT2D eigenvalue weighted by molar-refractivity contribution is 5.98. The monoisotopic (exact) mass is 357 g/mol. The van der Waals surface area contributed by atoms with Crippen LogP contribution in [0.4, 0.5) is 4.79 Å². The lowest BCUT2D eigenvalue weighted by atomic mass is 9.84. The third kappa shape index (κ3) is 2.98. The van der Waals surface area contributed by atoms with Crippen molar-refractivity contribution in [2.45, 2.75) is 24.9 Å². The number of H-pyrrole nitrogens is 1. The van der Waals surface area contributed by atoms with Crippen molar-refractivity contribution in [3.8, 4) is 17.2 Å². The number of piperidine rings is 1. The number of Topliss-reactive ketones (excluding diaryl/α,β-unsaturated/α-hetero) is 1. The van der Waals surface area contributed by atoms with Crippen LogP contribution in [0.15, 0.2) is 30.5 Å². The summed E-state index contributed by atoms with van der Waals surface area (Å²) in [6.45, 7) is 0.923. The minimum absolute atomic E-state index is 0.0279. The van der Waals surface area contributed by atoms with Gasteiger partial charge in [0.2, 0.25) is 0 Å². The molecule has 26 heavy (non-hydrogen) atoms. The van der Waals surface area contributed by atoms with E-state index in [1.165, 1.54) is 0 Å². The van der Waals surface area contributed by atoms with Gasteiger partial charge >= 0.3 is 6.09 Å². The number of carbonyl (C=O) groups excluding carboxylic acids is 2. The van der Waals surface area contributed by atoms with Gasteiger partial charge in [-0.3, -0.25) is 9.89 Å². The van der Waals surface area contributed by atoms with Crippen LogP contribution in [0.2, 0.25) is 0 Å². The Bertz CT molecular complexity index is 839. The number of likely N-dealkylation sites (tertiary alicyclic amines) is 1. The maximum atomic E-state index is 12.4. The summed E-state index contributed by atoms with van der Waals surface area (Å²) in [6.07, 6.45) is 2.59. The average Bonchev–Trinajstić information content (AvgIpc) is 3.11. The number of benzene rings is 1. The number of aromatic amines is 1. The van der Waals surface area contributed by atoms with Gasteiger partial charge in [-0.15, -0.1) is 0 Å². The number of ketones is 1. The molecule has 136 valence electrons. The summed E-state index contributed by atoms with van der Waals surface area (Å²) in [5.74, 6) is 1.52. The van der Waals surface area contributed by atoms with E-state index in [1.807, 2.05) is 0 Å². The highest BCUT2D eigenvalue weighted by atomic mass is 16.6. The van der Waals surface area contributed by atoms with Gasteiger partial charge in [-0.2, -0.15) is 5.10 Å². The predicted octanol–water partition coefficient (Wildman–Crippen LogP) is 2.42. The van der Waals surface area contributed by atoms with Crippen LogP contribution in [0.1, 0.15) is 29.8 Å². The van der Waals surface area contributed by atoms with E-state index in [9.17, 15) is 9.59 Å². The van der Waals surface area contributed by atoms with Crippen molar-refractivity contribution < 1.29 is 23.8 Å². The summed E-state index contributed by atoms with van der Waals surface area (Å²) >= 11 is 0. The Kier molecular flexibility index (Phi) is 4.02. The molecule has 0 unspecified atom stereocenters. The van der Waals surface area contributed by atoms with Crippen LogP contribution in [0.25, 0.3) is 0 Å². The van der Waals surface area contributed by atoms with E-state index in [1.54, 1.807) is 42.5 Å². The number of fused-ring (bicyclic) bond motifs is 1. The minimum Gasteiger partial charge on any atom is -0.497 e. The van der Waals surface area contributed by atoms with E-state index in [-0.39, 0.29) is 12.2 Å².